The van der Waals surface area contributed by atoms with Gasteiger partial charge in [0.2, 0.25) is 0 Å². The molecule has 116 valence electrons. The number of halogens is 3. The molecule has 0 radical (unpaired) electrons. The number of amides is 1. The molecule has 1 heterocycles. The summed E-state index contributed by atoms with van der Waals surface area (Å²) in [7, 11) is 0. The molecule has 0 aromatic heterocycles. The SMILES string of the molecule is CCCC(N)Cc1ccc2c(c1)CCN2C(=O)C(F)(F)F. The second kappa shape index (κ2) is 6.05. The summed E-state index contributed by atoms with van der Waals surface area (Å²) in [5.74, 6) is -1.79. The van der Waals surface area contributed by atoms with Crippen molar-refractivity contribution in [1.82, 2.24) is 0 Å². The monoisotopic (exact) mass is 300 g/mol. The van der Waals surface area contributed by atoms with Crippen molar-refractivity contribution in [3.63, 3.8) is 0 Å². The molecule has 0 saturated carbocycles. The minimum absolute atomic E-state index is 0.0577. The van der Waals surface area contributed by atoms with Crippen molar-refractivity contribution in [2.45, 2.75) is 44.8 Å². The number of anilines is 1. The van der Waals surface area contributed by atoms with Crippen LogP contribution in [0.15, 0.2) is 18.2 Å². The average molecular weight is 300 g/mol. The van der Waals surface area contributed by atoms with Crippen LogP contribution >= 0.6 is 0 Å². The van der Waals surface area contributed by atoms with E-state index in [0.29, 0.717) is 18.5 Å². The van der Waals surface area contributed by atoms with Crippen LogP contribution in [-0.4, -0.2) is 24.7 Å². The van der Waals surface area contributed by atoms with Gasteiger partial charge in [-0.1, -0.05) is 25.5 Å². The first-order chi connectivity index (χ1) is 9.82. The summed E-state index contributed by atoms with van der Waals surface area (Å²) in [5.41, 5.74) is 8.14. The molecule has 1 atom stereocenters. The molecule has 1 unspecified atom stereocenters. The van der Waals surface area contributed by atoms with Gasteiger partial charge in [0.05, 0.1) is 0 Å². The number of fused-ring (bicyclic) bond motifs is 1. The molecule has 2 rings (SSSR count). The van der Waals surface area contributed by atoms with Crippen LogP contribution in [0.5, 0.6) is 0 Å². The standard InChI is InChI=1S/C15H19F3N2O/c1-2-3-12(19)9-10-4-5-13-11(8-10)6-7-20(13)14(21)15(16,17)18/h4-5,8,12H,2-3,6-7,9,19H2,1H3. The molecular weight excluding hydrogens is 281 g/mol. The van der Waals surface area contributed by atoms with Gasteiger partial charge in [-0.15, -0.1) is 0 Å². The van der Waals surface area contributed by atoms with Crippen LogP contribution in [-0.2, 0) is 17.6 Å². The smallest absolute Gasteiger partial charge is 0.327 e. The van der Waals surface area contributed by atoms with Gasteiger partial charge >= 0.3 is 12.1 Å². The molecular formula is C15H19F3N2O. The molecule has 1 aromatic rings. The molecule has 1 aliphatic heterocycles. The Balaban J connectivity index is 2.15. The van der Waals surface area contributed by atoms with Gasteiger partial charge in [0, 0.05) is 18.3 Å². The van der Waals surface area contributed by atoms with E-state index in [-0.39, 0.29) is 12.6 Å². The first-order valence-electron chi connectivity index (χ1n) is 7.09. The third-order valence-electron chi connectivity index (χ3n) is 3.68. The quantitative estimate of drug-likeness (QED) is 0.929. The Hall–Kier alpha value is -1.56. The van der Waals surface area contributed by atoms with Crippen LogP contribution in [0.4, 0.5) is 18.9 Å². The lowest BCUT2D eigenvalue weighted by molar-refractivity contribution is -0.170. The number of nitrogens with zero attached hydrogens (tertiary/aromatic N) is 1. The third kappa shape index (κ3) is 3.56. The van der Waals surface area contributed by atoms with Crippen molar-refractivity contribution >= 4 is 11.6 Å². The molecule has 0 fully saturated rings. The van der Waals surface area contributed by atoms with Crippen molar-refractivity contribution in [3.8, 4) is 0 Å². The number of rotatable bonds is 4. The summed E-state index contributed by atoms with van der Waals surface area (Å²) in [6, 6.07) is 5.28. The van der Waals surface area contributed by atoms with Gasteiger partial charge in [-0.2, -0.15) is 13.2 Å². The zero-order valence-electron chi connectivity index (χ0n) is 11.9. The van der Waals surface area contributed by atoms with E-state index in [2.05, 4.69) is 6.92 Å². The lowest BCUT2D eigenvalue weighted by atomic mass is 10.00. The lowest BCUT2D eigenvalue weighted by Gasteiger charge is -2.19. The third-order valence-corrected chi connectivity index (χ3v) is 3.68. The molecule has 1 amide bonds. The van der Waals surface area contributed by atoms with Crippen LogP contribution in [0.1, 0.15) is 30.9 Å². The largest absolute Gasteiger partial charge is 0.471 e. The Bertz CT molecular complexity index is 528. The molecule has 0 bridgehead atoms. The van der Waals surface area contributed by atoms with Gasteiger partial charge in [0.25, 0.3) is 0 Å². The molecule has 6 heteroatoms. The maximum atomic E-state index is 12.5. The van der Waals surface area contributed by atoms with Crippen molar-refractivity contribution in [1.29, 1.82) is 0 Å². The van der Waals surface area contributed by atoms with Gasteiger partial charge in [-0.05, 0) is 36.5 Å². The number of hydrogen-bond donors (Lipinski definition) is 1. The molecule has 0 aliphatic carbocycles. The summed E-state index contributed by atoms with van der Waals surface area (Å²) in [4.78, 5) is 12.2. The fourth-order valence-corrected chi connectivity index (χ4v) is 2.72. The zero-order chi connectivity index (χ0) is 15.6. The predicted molar refractivity (Wildman–Crippen MR) is 75.1 cm³/mol. The van der Waals surface area contributed by atoms with E-state index in [4.69, 9.17) is 5.73 Å². The van der Waals surface area contributed by atoms with E-state index in [9.17, 15) is 18.0 Å². The molecule has 3 nitrogen and oxygen atoms in total. The highest BCUT2D eigenvalue weighted by Gasteiger charge is 2.44. The van der Waals surface area contributed by atoms with Gasteiger partial charge in [-0.25, -0.2) is 0 Å². The normalized spacial score (nSPS) is 16.0. The first kappa shape index (κ1) is 15.8. The van der Waals surface area contributed by atoms with E-state index in [1.807, 2.05) is 6.07 Å². The summed E-state index contributed by atoms with van der Waals surface area (Å²) in [6.45, 7) is 2.14. The molecule has 2 N–H and O–H groups in total. The van der Waals surface area contributed by atoms with Gasteiger partial charge in [0.15, 0.2) is 0 Å². The van der Waals surface area contributed by atoms with Crippen LogP contribution < -0.4 is 10.6 Å². The van der Waals surface area contributed by atoms with E-state index in [1.54, 1.807) is 12.1 Å². The van der Waals surface area contributed by atoms with Gasteiger partial charge < -0.3 is 10.6 Å². The van der Waals surface area contributed by atoms with Gasteiger partial charge in [-0.3, -0.25) is 4.79 Å². The van der Waals surface area contributed by atoms with Crippen molar-refractivity contribution < 1.29 is 18.0 Å². The molecule has 21 heavy (non-hydrogen) atoms. The minimum Gasteiger partial charge on any atom is -0.327 e. The maximum absolute atomic E-state index is 12.5. The second-order valence-corrected chi connectivity index (χ2v) is 5.42. The van der Waals surface area contributed by atoms with Crippen LogP contribution in [0.25, 0.3) is 0 Å². The highest BCUT2D eigenvalue weighted by Crippen LogP contribution is 2.32. The Kier molecular flexibility index (Phi) is 4.56. The average Bonchev–Trinajstić information content (AvgIpc) is 2.79. The highest BCUT2D eigenvalue weighted by molar-refractivity contribution is 5.99. The van der Waals surface area contributed by atoms with Crippen LogP contribution in [0, 0.1) is 0 Å². The Morgan fingerprint density at radius 2 is 2.14 bits per heavy atom. The molecule has 0 saturated heterocycles. The van der Waals surface area contributed by atoms with E-state index < -0.39 is 12.1 Å². The van der Waals surface area contributed by atoms with Crippen molar-refractivity contribution in [3.05, 3.63) is 29.3 Å². The van der Waals surface area contributed by atoms with E-state index >= 15 is 0 Å². The number of carbonyl (C=O) groups is 1. The Morgan fingerprint density at radius 3 is 2.76 bits per heavy atom. The summed E-state index contributed by atoms with van der Waals surface area (Å²) >= 11 is 0. The second-order valence-electron chi connectivity index (χ2n) is 5.42. The van der Waals surface area contributed by atoms with Crippen LogP contribution in [0.2, 0.25) is 0 Å². The number of benzene rings is 1. The summed E-state index contributed by atoms with van der Waals surface area (Å²) in [5, 5.41) is 0. The zero-order valence-corrected chi connectivity index (χ0v) is 11.9. The topological polar surface area (TPSA) is 46.3 Å². The summed E-state index contributed by atoms with van der Waals surface area (Å²) in [6.07, 6.45) is -1.76. The Labute approximate surface area is 121 Å². The predicted octanol–water partition coefficient (Wildman–Crippen LogP) is 2.81. The Morgan fingerprint density at radius 1 is 1.43 bits per heavy atom. The van der Waals surface area contributed by atoms with Crippen LogP contribution in [0.3, 0.4) is 0 Å². The fraction of sp³-hybridized carbons (Fsp3) is 0.533. The number of carbonyl (C=O) groups excluding carboxylic acids is 1. The number of hydrogen-bond acceptors (Lipinski definition) is 2. The highest BCUT2D eigenvalue weighted by atomic mass is 19.4. The number of alkyl halides is 3. The molecule has 1 aromatic carbocycles. The minimum atomic E-state index is -4.83. The van der Waals surface area contributed by atoms with E-state index in [0.717, 1.165) is 28.9 Å². The van der Waals surface area contributed by atoms with Gasteiger partial charge in [0.1, 0.15) is 0 Å². The molecule has 0 spiro atoms. The van der Waals surface area contributed by atoms with Crippen molar-refractivity contribution in [2.24, 2.45) is 5.73 Å². The fourth-order valence-electron chi connectivity index (χ4n) is 2.72. The molecule has 1 aliphatic rings. The van der Waals surface area contributed by atoms with Crippen molar-refractivity contribution in [2.75, 3.05) is 11.4 Å². The number of nitrogens with two attached hydrogens (primary N) is 1. The maximum Gasteiger partial charge on any atom is 0.471 e. The first-order valence-corrected chi connectivity index (χ1v) is 7.09. The lowest BCUT2D eigenvalue weighted by Crippen LogP contribution is -2.40. The summed E-state index contributed by atoms with van der Waals surface area (Å²) < 4.78 is 37.6. The van der Waals surface area contributed by atoms with E-state index in [1.165, 1.54) is 0 Å².